The molecule has 0 fully saturated rings. The summed E-state index contributed by atoms with van der Waals surface area (Å²) in [5, 5.41) is 22.2. The number of hydrogen-bond acceptors (Lipinski definition) is 2. The van der Waals surface area contributed by atoms with E-state index in [0.29, 0.717) is 0 Å². The molecule has 0 radical (unpaired) electrons. The molecule has 0 atom stereocenters. The Morgan fingerprint density at radius 3 is 2.50 bits per heavy atom. The Morgan fingerprint density at radius 1 is 1.50 bits per heavy atom. The lowest BCUT2D eigenvalue weighted by atomic mass is 10.3. The molecule has 0 aromatic carbocycles. The fourth-order valence-electron chi connectivity index (χ4n) is 0.715. The van der Waals surface area contributed by atoms with Crippen LogP contribution in [0.3, 0.4) is 0 Å². The van der Waals surface area contributed by atoms with E-state index in [4.69, 9.17) is 10.4 Å². The van der Waals surface area contributed by atoms with Crippen LogP contribution in [0, 0.1) is 11.3 Å². The van der Waals surface area contributed by atoms with Crippen LogP contribution in [0.2, 0.25) is 0 Å². The van der Waals surface area contributed by atoms with E-state index in [1.807, 2.05) is 23.0 Å². The van der Waals surface area contributed by atoms with E-state index in [2.05, 4.69) is 0 Å². The van der Waals surface area contributed by atoms with E-state index in [1.54, 1.807) is 6.07 Å². The molecule has 0 spiro atoms. The van der Waals surface area contributed by atoms with Gasteiger partial charge in [-0.1, -0.05) is 12.2 Å². The molecular weight excluding hydrogens is 174 g/mol. The minimum Gasteiger partial charge on any atom is -0.477 e. The smallest absolute Gasteiger partial charge is 0.346 e. The van der Waals surface area contributed by atoms with Crippen LogP contribution in [0.1, 0.15) is 0 Å². The predicted octanol–water partition coefficient (Wildman–Crippen LogP) is 1.52. The van der Waals surface area contributed by atoms with Crippen molar-refractivity contribution in [3.05, 3.63) is 33.9 Å². The zero-order valence-corrected chi connectivity index (χ0v) is 7.03. The maximum absolute atomic E-state index is 10.4. The van der Waals surface area contributed by atoms with Crippen LogP contribution in [0.15, 0.2) is 33.9 Å². The molecule has 62 valence electrons. The minimum atomic E-state index is -1.16. The summed E-state index contributed by atoms with van der Waals surface area (Å²) < 4.78 is 0. The standard InChI is InChI=1S/C8H7NO2S/c9-5-7(8(10)11)6-12-3-1-2-4-12/h1-4,6,12H,(H,10,11). The molecule has 0 saturated heterocycles. The van der Waals surface area contributed by atoms with Crippen molar-refractivity contribution in [3.8, 4) is 6.07 Å². The maximum atomic E-state index is 10.4. The second kappa shape index (κ2) is 3.79. The van der Waals surface area contributed by atoms with Gasteiger partial charge in [0.05, 0.1) is 0 Å². The molecule has 3 nitrogen and oxygen atoms in total. The van der Waals surface area contributed by atoms with Gasteiger partial charge < -0.3 is 5.11 Å². The number of carboxylic acid groups (broad SMARTS) is 1. The molecule has 0 aromatic rings. The van der Waals surface area contributed by atoms with E-state index >= 15 is 0 Å². The molecule has 0 saturated carbocycles. The number of carboxylic acids is 1. The quantitative estimate of drug-likeness (QED) is 0.385. The molecule has 1 heterocycles. The molecule has 1 aliphatic heterocycles. The first kappa shape index (κ1) is 8.62. The number of carbonyl (C=O) groups is 1. The van der Waals surface area contributed by atoms with Crippen molar-refractivity contribution < 1.29 is 9.90 Å². The summed E-state index contributed by atoms with van der Waals surface area (Å²) in [6.07, 6.45) is 3.69. The van der Waals surface area contributed by atoms with Gasteiger partial charge in [-0.15, -0.1) is 0 Å². The number of thiol groups is 1. The van der Waals surface area contributed by atoms with Gasteiger partial charge in [0.25, 0.3) is 0 Å². The molecule has 0 amide bonds. The maximum Gasteiger partial charge on any atom is 0.346 e. The van der Waals surface area contributed by atoms with Crippen molar-refractivity contribution in [2.45, 2.75) is 0 Å². The lowest BCUT2D eigenvalue weighted by Gasteiger charge is -2.00. The molecule has 0 bridgehead atoms. The Kier molecular flexibility index (Phi) is 2.72. The highest BCUT2D eigenvalue weighted by Crippen LogP contribution is 2.35. The van der Waals surface area contributed by atoms with Crippen molar-refractivity contribution in [1.29, 1.82) is 5.26 Å². The van der Waals surface area contributed by atoms with Crippen molar-refractivity contribution >= 4 is 16.9 Å². The van der Waals surface area contributed by atoms with Gasteiger partial charge in [0.2, 0.25) is 0 Å². The van der Waals surface area contributed by atoms with Gasteiger partial charge in [0, 0.05) is 0 Å². The van der Waals surface area contributed by atoms with Crippen LogP contribution in [-0.2, 0) is 4.79 Å². The molecule has 0 aromatic heterocycles. The summed E-state index contributed by atoms with van der Waals surface area (Å²) in [5.74, 6) is -1.16. The Labute approximate surface area is 72.7 Å². The van der Waals surface area contributed by atoms with Crippen molar-refractivity contribution in [2.24, 2.45) is 0 Å². The molecule has 12 heavy (non-hydrogen) atoms. The summed E-state index contributed by atoms with van der Waals surface area (Å²) in [7, 11) is -0.649. The van der Waals surface area contributed by atoms with E-state index in [-0.39, 0.29) is 5.57 Å². The van der Waals surface area contributed by atoms with E-state index < -0.39 is 16.9 Å². The van der Waals surface area contributed by atoms with E-state index in [9.17, 15) is 4.79 Å². The summed E-state index contributed by atoms with van der Waals surface area (Å²) in [5.41, 5.74) is -0.183. The molecule has 4 heteroatoms. The zero-order chi connectivity index (χ0) is 8.97. The highest BCUT2D eigenvalue weighted by Gasteiger charge is 2.06. The SMILES string of the molecule is N#CC(=C[SH]1C=CC=C1)C(=O)O. The average molecular weight is 181 g/mol. The van der Waals surface area contributed by atoms with Gasteiger partial charge in [-0.2, -0.15) is 16.2 Å². The van der Waals surface area contributed by atoms with Crippen LogP contribution < -0.4 is 0 Å². The van der Waals surface area contributed by atoms with E-state index in [1.165, 1.54) is 5.41 Å². The van der Waals surface area contributed by atoms with Crippen LogP contribution in [0.5, 0.6) is 0 Å². The summed E-state index contributed by atoms with van der Waals surface area (Å²) in [6, 6.07) is 1.64. The Hall–Kier alpha value is -1.47. The molecule has 0 aliphatic carbocycles. The topological polar surface area (TPSA) is 61.1 Å². The van der Waals surface area contributed by atoms with Crippen LogP contribution >= 0.6 is 10.9 Å². The minimum absolute atomic E-state index is 0.183. The fourth-order valence-corrected chi connectivity index (χ4v) is 2.05. The largest absolute Gasteiger partial charge is 0.477 e. The lowest BCUT2D eigenvalue weighted by Crippen LogP contribution is -1.96. The van der Waals surface area contributed by atoms with Gasteiger partial charge in [-0.05, 0) is 16.2 Å². The number of rotatable bonds is 2. The number of nitrogens with zero attached hydrogens (tertiary/aromatic N) is 1. The van der Waals surface area contributed by atoms with Crippen molar-refractivity contribution in [2.75, 3.05) is 0 Å². The first-order valence-electron chi connectivity index (χ1n) is 3.21. The molecule has 1 N–H and O–H groups in total. The summed E-state index contributed by atoms with van der Waals surface area (Å²) in [4.78, 5) is 10.4. The monoisotopic (exact) mass is 181 g/mol. The third kappa shape index (κ3) is 2.01. The van der Waals surface area contributed by atoms with Crippen molar-refractivity contribution in [3.63, 3.8) is 0 Å². The van der Waals surface area contributed by atoms with Gasteiger partial charge in [-0.3, -0.25) is 0 Å². The number of aliphatic carboxylic acids is 1. The van der Waals surface area contributed by atoms with E-state index in [0.717, 1.165) is 0 Å². The Morgan fingerprint density at radius 2 is 2.08 bits per heavy atom. The second-order valence-electron chi connectivity index (χ2n) is 2.09. The Bertz CT molecular complexity index is 310. The first-order valence-corrected chi connectivity index (χ1v) is 4.76. The summed E-state index contributed by atoms with van der Waals surface area (Å²) in [6.45, 7) is 0. The number of allylic oxidation sites excluding steroid dienone is 2. The average Bonchev–Trinajstić information content (AvgIpc) is 2.51. The normalized spacial score (nSPS) is 17.9. The van der Waals surface area contributed by atoms with Crippen LogP contribution in [0.25, 0.3) is 0 Å². The van der Waals surface area contributed by atoms with Crippen LogP contribution in [-0.4, -0.2) is 11.1 Å². The number of hydrogen-bond donors (Lipinski definition) is 2. The van der Waals surface area contributed by atoms with Crippen LogP contribution in [0.4, 0.5) is 0 Å². The third-order valence-electron chi connectivity index (χ3n) is 1.26. The summed E-state index contributed by atoms with van der Waals surface area (Å²) >= 11 is 0. The highest BCUT2D eigenvalue weighted by molar-refractivity contribution is 8.24. The molecule has 1 aliphatic rings. The molecule has 1 rings (SSSR count). The number of nitriles is 1. The Balaban J connectivity index is 2.79. The second-order valence-corrected chi connectivity index (χ2v) is 3.84. The molecule has 0 unspecified atom stereocenters. The van der Waals surface area contributed by atoms with Gasteiger partial charge in [0.1, 0.15) is 11.6 Å². The fraction of sp³-hybridized carbons (Fsp3) is 0. The third-order valence-corrected chi connectivity index (χ3v) is 2.85. The lowest BCUT2D eigenvalue weighted by molar-refractivity contribution is -0.132. The molecular formula is C8H7NO2S. The zero-order valence-electron chi connectivity index (χ0n) is 6.14. The van der Waals surface area contributed by atoms with Gasteiger partial charge in [0.15, 0.2) is 0 Å². The van der Waals surface area contributed by atoms with Gasteiger partial charge in [-0.25, -0.2) is 4.79 Å². The van der Waals surface area contributed by atoms with Crippen molar-refractivity contribution in [1.82, 2.24) is 0 Å². The first-order chi connectivity index (χ1) is 5.74. The van der Waals surface area contributed by atoms with Gasteiger partial charge >= 0.3 is 5.97 Å². The predicted molar refractivity (Wildman–Crippen MR) is 48.6 cm³/mol. The highest BCUT2D eigenvalue weighted by atomic mass is 32.2.